The summed E-state index contributed by atoms with van der Waals surface area (Å²) in [4.78, 5) is 30.7. The van der Waals surface area contributed by atoms with Crippen LogP contribution in [0.4, 0.5) is 0 Å². The van der Waals surface area contributed by atoms with Crippen molar-refractivity contribution in [1.82, 2.24) is 14.5 Å². The van der Waals surface area contributed by atoms with Gasteiger partial charge in [0.15, 0.2) is 0 Å². The van der Waals surface area contributed by atoms with Crippen LogP contribution in [0.5, 0.6) is 0 Å². The number of imidazole rings is 1. The van der Waals surface area contributed by atoms with Crippen molar-refractivity contribution in [3.05, 3.63) is 30.1 Å². The van der Waals surface area contributed by atoms with Gasteiger partial charge in [-0.3, -0.25) is 9.59 Å². The second kappa shape index (κ2) is 7.33. The lowest BCUT2D eigenvalue weighted by atomic mass is 9.80. The van der Waals surface area contributed by atoms with Crippen LogP contribution in [-0.4, -0.2) is 44.5 Å². The smallest absolute Gasteiger partial charge is 0.303 e. The number of amides is 1. The summed E-state index contributed by atoms with van der Waals surface area (Å²) in [5, 5.41) is 9.32. The van der Waals surface area contributed by atoms with E-state index in [2.05, 4.69) is 4.57 Å². The van der Waals surface area contributed by atoms with Crippen molar-refractivity contribution in [3.63, 3.8) is 0 Å². The molecule has 146 valence electrons. The van der Waals surface area contributed by atoms with Gasteiger partial charge in [0.25, 0.3) is 0 Å². The topological polar surface area (TPSA) is 75.4 Å². The van der Waals surface area contributed by atoms with Gasteiger partial charge in [0.05, 0.1) is 11.0 Å². The number of likely N-dealkylation sites (tertiary alicyclic amines) is 1. The molecule has 1 fully saturated rings. The number of rotatable bonds is 4. The Hall–Kier alpha value is -2.37. The maximum atomic E-state index is 12.7. The van der Waals surface area contributed by atoms with Crippen LogP contribution in [0.25, 0.3) is 11.0 Å². The molecular formula is C21H29N3O3. The molecule has 6 nitrogen and oxygen atoms in total. The Morgan fingerprint density at radius 2 is 1.93 bits per heavy atom. The van der Waals surface area contributed by atoms with Crippen LogP contribution in [0.2, 0.25) is 0 Å². The molecule has 2 unspecified atom stereocenters. The van der Waals surface area contributed by atoms with Crippen LogP contribution in [0.3, 0.4) is 0 Å². The molecule has 6 heteroatoms. The summed E-state index contributed by atoms with van der Waals surface area (Å²) in [5.74, 6) is 0.460. The minimum absolute atomic E-state index is 0.0614. The van der Waals surface area contributed by atoms with E-state index < -0.39 is 11.4 Å². The molecule has 1 amide bonds. The molecule has 0 spiro atoms. The van der Waals surface area contributed by atoms with Crippen LogP contribution in [-0.2, 0) is 23.1 Å². The number of carbonyl (C=O) groups is 2. The first-order chi connectivity index (χ1) is 12.7. The largest absolute Gasteiger partial charge is 0.481 e. The molecule has 1 N–H and O–H groups in total. The van der Waals surface area contributed by atoms with Gasteiger partial charge >= 0.3 is 5.97 Å². The van der Waals surface area contributed by atoms with Gasteiger partial charge in [-0.1, -0.05) is 32.9 Å². The number of carbonyl (C=O) groups excluding carboxylic acids is 1. The average Bonchev–Trinajstić information content (AvgIpc) is 2.91. The van der Waals surface area contributed by atoms with E-state index in [0.717, 1.165) is 23.3 Å². The standard InChI is InChI=1S/C21H29N3O3/c1-21(2,3)20(27)24-10-9-14(12-19(25)26)15(13-24)11-18-22-16-7-5-6-8-17(16)23(18)4/h5-8,14-15H,9-13H2,1-4H3,(H,25,26). The number of aliphatic carboxylic acids is 1. The Kier molecular flexibility index (Phi) is 5.27. The number of fused-ring (bicyclic) bond motifs is 1. The number of piperidine rings is 1. The number of hydrogen-bond donors (Lipinski definition) is 1. The highest BCUT2D eigenvalue weighted by Gasteiger charge is 2.36. The monoisotopic (exact) mass is 371 g/mol. The summed E-state index contributed by atoms with van der Waals surface area (Å²) >= 11 is 0. The quantitative estimate of drug-likeness (QED) is 0.896. The molecule has 1 aromatic heterocycles. The maximum Gasteiger partial charge on any atom is 0.303 e. The van der Waals surface area contributed by atoms with Gasteiger partial charge in [0.1, 0.15) is 5.82 Å². The fourth-order valence-corrected chi connectivity index (χ4v) is 4.08. The molecule has 27 heavy (non-hydrogen) atoms. The van der Waals surface area contributed by atoms with Gasteiger partial charge in [-0.25, -0.2) is 4.98 Å². The Morgan fingerprint density at radius 3 is 2.56 bits per heavy atom. The predicted octanol–water partition coefficient (Wildman–Crippen LogP) is 3.10. The van der Waals surface area contributed by atoms with Crippen molar-refractivity contribution >= 4 is 22.9 Å². The fraction of sp³-hybridized carbons (Fsp3) is 0.571. The van der Waals surface area contributed by atoms with Crippen LogP contribution < -0.4 is 0 Å². The maximum absolute atomic E-state index is 12.7. The lowest BCUT2D eigenvalue weighted by Gasteiger charge is -2.40. The lowest BCUT2D eigenvalue weighted by Crippen LogP contribution is -2.48. The van der Waals surface area contributed by atoms with Crippen molar-refractivity contribution in [2.45, 2.75) is 40.0 Å². The summed E-state index contributed by atoms with van der Waals surface area (Å²) in [7, 11) is 2.00. The van der Waals surface area contributed by atoms with Gasteiger partial charge in [0, 0.05) is 38.4 Å². The van der Waals surface area contributed by atoms with E-state index in [1.165, 1.54) is 0 Å². The van der Waals surface area contributed by atoms with Crippen molar-refractivity contribution in [1.29, 1.82) is 0 Å². The number of benzene rings is 1. The van der Waals surface area contributed by atoms with Gasteiger partial charge in [-0.15, -0.1) is 0 Å². The van der Waals surface area contributed by atoms with Crippen molar-refractivity contribution in [2.75, 3.05) is 13.1 Å². The number of carboxylic acids is 1. The van der Waals surface area contributed by atoms with Gasteiger partial charge in [-0.2, -0.15) is 0 Å². The van der Waals surface area contributed by atoms with Gasteiger partial charge in [-0.05, 0) is 30.4 Å². The Morgan fingerprint density at radius 1 is 1.22 bits per heavy atom. The molecular weight excluding hydrogens is 342 g/mol. The predicted molar refractivity (Wildman–Crippen MR) is 104 cm³/mol. The van der Waals surface area contributed by atoms with Crippen molar-refractivity contribution < 1.29 is 14.7 Å². The minimum Gasteiger partial charge on any atom is -0.481 e. The summed E-state index contributed by atoms with van der Waals surface area (Å²) in [6.07, 6.45) is 1.55. The van der Waals surface area contributed by atoms with Crippen molar-refractivity contribution in [2.24, 2.45) is 24.3 Å². The molecule has 1 aliphatic rings. The van der Waals surface area contributed by atoms with E-state index in [1.54, 1.807) is 0 Å². The van der Waals surface area contributed by atoms with Gasteiger partial charge < -0.3 is 14.6 Å². The summed E-state index contributed by atoms with van der Waals surface area (Å²) in [5.41, 5.74) is 1.59. The first kappa shape index (κ1) is 19.4. The molecule has 0 radical (unpaired) electrons. The first-order valence-electron chi connectivity index (χ1n) is 9.58. The molecule has 0 saturated carbocycles. The Balaban J connectivity index is 1.85. The number of hydrogen-bond acceptors (Lipinski definition) is 3. The third-order valence-electron chi connectivity index (χ3n) is 5.58. The summed E-state index contributed by atoms with van der Waals surface area (Å²) < 4.78 is 2.08. The summed E-state index contributed by atoms with van der Waals surface area (Å²) in [6, 6.07) is 7.99. The fourth-order valence-electron chi connectivity index (χ4n) is 4.08. The zero-order chi connectivity index (χ0) is 19.8. The van der Waals surface area contributed by atoms with E-state index >= 15 is 0 Å². The SMILES string of the molecule is Cn1c(CC2CN(C(=O)C(C)(C)C)CCC2CC(=O)O)nc2ccccc21. The second-order valence-electron chi connectivity index (χ2n) is 8.69. The van der Waals surface area contributed by atoms with Gasteiger partial charge in [0.2, 0.25) is 5.91 Å². The number of aryl methyl sites for hydroxylation is 1. The first-order valence-corrected chi connectivity index (χ1v) is 9.58. The normalized spacial score (nSPS) is 20.8. The highest BCUT2D eigenvalue weighted by Crippen LogP contribution is 2.32. The Bertz CT molecular complexity index is 850. The third kappa shape index (κ3) is 4.15. The minimum atomic E-state index is -0.773. The van der Waals surface area contributed by atoms with E-state index in [0.29, 0.717) is 19.5 Å². The lowest BCUT2D eigenvalue weighted by molar-refractivity contribution is -0.143. The summed E-state index contributed by atoms with van der Waals surface area (Å²) in [6.45, 7) is 7.02. The molecule has 2 aromatic rings. The van der Waals surface area contributed by atoms with Crippen LogP contribution >= 0.6 is 0 Å². The van der Waals surface area contributed by atoms with Crippen LogP contribution in [0.1, 0.15) is 39.4 Å². The molecule has 2 heterocycles. The number of nitrogens with zero attached hydrogens (tertiary/aromatic N) is 3. The zero-order valence-electron chi connectivity index (χ0n) is 16.6. The van der Waals surface area contributed by atoms with Crippen LogP contribution in [0, 0.1) is 17.3 Å². The zero-order valence-corrected chi connectivity index (χ0v) is 16.6. The van der Waals surface area contributed by atoms with Crippen molar-refractivity contribution in [3.8, 4) is 0 Å². The average molecular weight is 371 g/mol. The number of para-hydroxylation sites is 2. The second-order valence-corrected chi connectivity index (χ2v) is 8.69. The molecule has 1 aromatic carbocycles. The Labute approximate surface area is 160 Å². The highest BCUT2D eigenvalue weighted by atomic mass is 16.4. The third-order valence-corrected chi connectivity index (χ3v) is 5.58. The van der Waals surface area contributed by atoms with E-state index in [4.69, 9.17) is 4.98 Å². The molecule has 1 aliphatic heterocycles. The van der Waals surface area contributed by atoms with E-state index in [1.807, 2.05) is 57.0 Å². The highest BCUT2D eigenvalue weighted by molar-refractivity contribution is 5.81. The molecule has 0 bridgehead atoms. The van der Waals surface area contributed by atoms with E-state index in [9.17, 15) is 14.7 Å². The van der Waals surface area contributed by atoms with Crippen LogP contribution in [0.15, 0.2) is 24.3 Å². The van der Waals surface area contributed by atoms with E-state index in [-0.39, 0.29) is 24.2 Å². The number of aromatic nitrogens is 2. The molecule has 0 aliphatic carbocycles. The molecule has 3 rings (SSSR count). The molecule has 1 saturated heterocycles. The number of carboxylic acid groups (broad SMARTS) is 1. The molecule has 2 atom stereocenters.